The maximum Gasteiger partial charge on any atom is 0.141 e. The molecule has 2 N–H and O–H groups in total. The maximum absolute atomic E-state index is 5.78. The number of aromatic nitrogens is 3. The maximum atomic E-state index is 5.78. The van der Waals surface area contributed by atoms with Crippen LogP contribution in [0.4, 0.5) is 0 Å². The van der Waals surface area contributed by atoms with E-state index in [0.717, 1.165) is 38.4 Å². The summed E-state index contributed by atoms with van der Waals surface area (Å²) >= 11 is 0. The van der Waals surface area contributed by atoms with E-state index >= 15 is 0 Å². The van der Waals surface area contributed by atoms with Gasteiger partial charge in [0.05, 0.1) is 6.54 Å². The Morgan fingerprint density at radius 2 is 2.16 bits per heavy atom. The van der Waals surface area contributed by atoms with Crippen LogP contribution in [0.25, 0.3) is 0 Å². The second kappa shape index (κ2) is 7.60. The molecule has 0 aliphatic heterocycles. The van der Waals surface area contributed by atoms with Crippen LogP contribution in [0.2, 0.25) is 0 Å². The van der Waals surface area contributed by atoms with Crippen molar-refractivity contribution in [2.45, 2.75) is 64.6 Å². The molecular weight excluding hydrogens is 238 g/mol. The van der Waals surface area contributed by atoms with Crippen molar-refractivity contribution in [2.75, 3.05) is 13.1 Å². The second-order valence-corrected chi connectivity index (χ2v) is 5.45. The number of hydrogen-bond acceptors (Lipinski definition) is 4. The molecule has 0 radical (unpaired) electrons. The van der Waals surface area contributed by atoms with Crippen LogP contribution >= 0.6 is 0 Å². The van der Waals surface area contributed by atoms with E-state index in [1.807, 2.05) is 4.68 Å². The minimum Gasteiger partial charge on any atom is -0.329 e. The van der Waals surface area contributed by atoms with E-state index in [1.165, 1.54) is 32.1 Å². The van der Waals surface area contributed by atoms with Crippen LogP contribution in [0.5, 0.6) is 0 Å². The van der Waals surface area contributed by atoms with Crippen LogP contribution in [0.15, 0.2) is 6.33 Å². The molecule has 108 valence electrons. The predicted octanol–water partition coefficient (Wildman–Crippen LogP) is 1.78. The van der Waals surface area contributed by atoms with Gasteiger partial charge < -0.3 is 5.73 Å². The van der Waals surface area contributed by atoms with E-state index in [9.17, 15) is 0 Å². The molecule has 0 amide bonds. The molecule has 0 atom stereocenters. The molecular formula is C14H27N5. The summed E-state index contributed by atoms with van der Waals surface area (Å²) in [6.45, 7) is 5.70. The fourth-order valence-corrected chi connectivity index (χ4v) is 2.99. The van der Waals surface area contributed by atoms with Gasteiger partial charge in [-0.1, -0.05) is 26.2 Å². The highest BCUT2D eigenvalue weighted by Crippen LogP contribution is 2.23. The highest BCUT2D eigenvalue weighted by atomic mass is 15.3. The average Bonchev–Trinajstić information content (AvgIpc) is 2.87. The average molecular weight is 265 g/mol. The van der Waals surface area contributed by atoms with E-state index in [-0.39, 0.29) is 0 Å². The summed E-state index contributed by atoms with van der Waals surface area (Å²) in [4.78, 5) is 6.93. The summed E-state index contributed by atoms with van der Waals surface area (Å²) in [5.41, 5.74) is 5.78. The van der Waals surface area contributed by atoms with Crippen LogP contribution in [0.1, 0.15) is 51.3 Å². The third-order valence-electron chi connectivity index (χ3n) is 3.98. The van der Waals surface area contributed by atoms with Crippen molar-refractivity contribution in [1.82, 2.24) is 19.7 Å². The van der Waals surface area contributed by atoms with Gasteiger partial charge in [-0.05, 0) is 19.3 Å². The van der Waals surface area contributed by atoms with Crippen molar-refractivity contribution >= 4 is 0 Å². The molecule has 0 spiro atoms. The van der Waals surface area contributed by atoms with Crippen molar-refractivity contribution in [3.05, 3.63) is 12.2 Å². The molecule has 0 bridgehead atoms. The summed E-state index contributed by atoms with van der Waals surface area (Å²) in [5, 5.41) is 4.31. The largest absolute Gasteiger partial charge is 0.329 e. The molecule has 0 aromatic carbocycles. The summed E-state index contributed by atoms with van der Waals surface area (Å²) in [6, 6.07) is 0.684. The van der Waals surface area contributed by atoms with E-state index in [4.69, 9.17) is 5.73 Å². The van der Waals surface area contributed by atoms with Crippen molar-refractivity contribution in [3.8, 4) is 0 Å². The minimum absolute atomic E-state index is 0.684. The zero-order chi connectivity index (χ0) is 13.5. The highest BCUT2D eigenvalue weighted by molar-refractivity contribution is 4.87. The number of rotatable bonds is 7. The fraction of sp³-hybridized carbons (Fsp3) is 0.857. The Bertz CT molecular complexity index is 356. The van der Waals surface area contributed by atoms with E-state index < -0.39 is 0 Å². The van der Waals surface area contributed by atoms with Gasteiger partial charge in [0, 0.05) is 25.7 Å². The van der Waals surface area contributed by atoms with Crippen molar-refractivity contribution in [3.63, 3.8) is 0 Å². The Balaban J connectivity index is 2.00. The third-order valence-corrected chi connectivity index (χ3v) is 3.98. The first-order valence-electron chi connectivity index (χ1n) is 7.66. The van der Waals surface area contributed by atoms with Crippen molar-refractivity contribution in [1.29, 1.82) is 0 Å². The van der Waals surface area contributed by atoms with E-state index in [1.54, 1.807) is 6.33 Å². The quantitative estimate of drug-likeness (QED) is 0.816. The normalized spacial score (nSPS) is 17.2. The Hall–Kier alpha value is -0.940. The molecule has 5 heteroatoms. The molecule has 1 saturated carbocycles. The smallest absolute Gasteiger partial charge is 0.141 e. The first-order valence-corrected chi connectivity index (χ1v) is 7.66. The molecule has 5 nitrogen and oxygen atoms in total. The second-order valence-electron chi connectivity index (χ2n) is 5.45. The molecule has 1 aliphatic rings. The van der Waals surface area contributed by atoms with Crippen LogP contribution in [-0.2, 0) is 13.1 Å². The van der Waals surface area contributed by atoms with Gasteiger partial charge in [-0.2, -0.15) is 5.10 Å². The molecule has 1 aromatic rings. The summed E-state index contributed by atoms with van der Waals surface area (Å²) in [7, 11) is 0. The highest BCUT2D eigenvalue weighted by Gasteiger charge is 2.22. The van der Waals surface area contributed by atoms with Crippen molar-refractivity contribution in [2.24, 2.45) is 5.73 Å². The molecule has 0 unspecified atom stereocenters. The van der Waals surface area contributed by atoms with Gasteiger partial charge >= 0.3 is 0 Å². The standard InChI is InChI=1S/C14H27N5/c1-2-9-19-14(16-12-17-19)11-18(10-8-15)13-6-4-3-5-7-13/h12-13H,2-11,15H2,1H3. The summed E-state index contributed by atoms with van der Waals surface area (Å²) < 4.78 is 2.03. The SMILES string of the molecule is CCCn1ncnc1CN(CCN)C1CCCCC1. The number of hydrogen-bond donors (Lipinski definition) is 1. The van der Waals surface area contributed by atoms with Gasteiger partial charge in [0.15, 0.2) is 0 Å². The lowest BCUT2D eigenvalue weighted by atomic mass is 9.94. The lowest BCUT2D eigenvalue weighted by molar-refractivity contribution is 0.146. The van der Waals surface area contributed by atoms with Gasteiger partial charge in [-0.3, -0.25) is 4.90 Å². The lowest BCUT2D eigenvalue weighted by Crippen LogP contribution is -2.40. The monoisotopic (exact) mass is 265 g/mol. The zero-order valence-electron chi connectivity index (χ0n) is 12.1. The van der Waals surface area contributed by atoms with Gasteiger partial charge in [-0.15, -0.1) is 0 Å². The van der Waals surface area contributed by atoms with Crippen LogP contribution in [0.3, 0.4) is 0 Å². The van der Waals surface area contributed by atoms with Crippen LogP contribution in [-0.4, -0.2) is 38.8 Å². The number of aryl methyl sites for hydroxylation is 1. The number of nitrogens with zero attached hydrogens (tertiary/aromatic N) is 4. The lowest BCUT2D eigenvalue weighted by Gasteiger charge is -2.33. The van der Waals surface area contributed by atoms with Gasteiger partial charge in [0.2, 0.25) is 0 Å². The summed E-state index contributed by atoms with van der Waals surface area (Å²) in [5.74, 6) is 1.08. The minimum atomic E-state index is 0.684. The van der Waals surface area contributed by atoms with E-state index in [0.29, 0.717) is 6.04 Å². The third kappa shape index (κ3) is 4.01. The molecule has 2 rings (SSSR count). The Kier molecular flexibility index (Phi) is 5.79. The van der Waals surface area contributed by atoms with Crippen LogP contribution < -0.4 is 5.73 Å². The molecule has 1 aliphatic carbocycles. The topological polar surface area (TPSA) is 60.0 Å². The van der Waals surface area contributed by atoms with Crippen molar-refractivity contribution < 1.29 is 0 Å². The fourth-order valence-electron chi connectivity index (χ4n) is 2.99. The van der Waals surface area contributed by atoms with Gasteiger partial charge in [0.25, 0.3) is 0 Å². The molecule has 1 heterocycles. The first-order chi connectivity index (χ1) is 9.35. The Labute approximate surface area is 116 Å². The van der Waals surface area contributed by atoms with Gasteiger partial charge in [0.1, 0.15) is 12.2 Å². The van der Waals surface area contributed by atoms with Gasteiger partial charge in [-0.25, -0.2) is 9.67 Å². The molecule has 19 heavy (non-hydrogen) atoms. The van der Waals surface area contributed by atoms with E-state index in [2.05, 4.69) is 21.9 Å². The molecule has 1 fully saturated rings. The molecule has 1 aromatic heterocycles. The number of nitrogens with two attached hydrogens (primary N) is 1. The Morgan fingerprint density at radius 3 is 2.84 bits per heavy atom. The first kappa shape index (κ1) is 14.5. The molecule has 0 saturated heterocycles. The zero-order valence-corrected chi connectivity index (χ0v) is 12.1. The Morgan fingerprint density at radius 1 is 1.37 bits per heavy atom. The summed E-state index contributed by atoms with van der Waals surface area (Å²) in [6.07, 6.45) is 9.48. The van der Waals surface area contributed by atoms with Crippen LogP contribution in [0, 0.1) is 0 Å². The predicted molar refractivity (Wildman–Crippen MR) is 76.7 cm³/mol.